The molecule has 1 atom stereocenters. The third kappa shape index (κ3) is 6.18. The van der Waals surface area contributed by atoms with Gasteiger partial charge in [0.05, 0.1) is 19.1 Å². The summed E-state index contributed by atoms with van der Waals surface area (Å²) < 4.78 is 0. The second-order valence-electron chi connectivity index (χ2n) is 7.17. The van der Waals surface area contributed by atoms with Crippen molar-refractivity contribution in [2.75, 3.05) is 39.3 Å². The number of nitrogens with zero attached hydrogens (tertiary/aromatic N) is 4. The van der Waals surface area contributed by atoms with Crippen molar-refractivity contribution < 1.29 is 9.90 Å². The Morgan fingerprint density at radius 1 is 1.20 bits per heavy atom. The zero-order valence-electron chi connectivity index (χ0n) is 17.2. The summed E-state index contributed by atoms with van der Waals surface area (Å²) in [6.45, 7) is 5.67. The first kappa shape index (κ1) is 22.1. The van der Waals surface area contributed by atoms with E-state index in [4.69, 9.17) is 11.6 Å². The SMILES string of the molecule is CCNC(=NCC(O)c1ccncc1)N1CCN(C(=O)Cc2cccc(Cl)c2)CC1. The van der Waals surface area contributed by atoms with Gasteiger partial charge in [0.2, 0.25) is 5.91 Å². The van der Waals surface area contributed by atoms with Gasteiger partial charge in [-0.15, -0.1) is 0 Å². The van der Waals surface area contributed by atoms with Gasteiger partial charge >= 0.3 is 0 Å². The summed E-state index contributed by atoms with van der Waals surface area (Å²) in [6, 6.07) is 11.0. The number of carbonyl (C=O) groups is 1. The largest absolute Gasteiger partial charge is 0.386 e. The first-order valence-electron chi connectivity index (χ1n) is 10.2. The van der Waals surface area contributed by atoms with E-state index in [0.717, 1.165) is 23.6 Å². The molecule has 1 amide bonds. The number of piperazine rings is 1. The van der Waals surface area contributed by atoms with E-state index in [9.17, 15) is 9.90 Å². The van der Waals surface area contributed by atoms with Gasteiger partial charge in [-0.25, -0.2) is 0 Å². The molecule has 0 spiro atoms. The summed E-state index contributed by atoms with van der Waals surface area (Å²) >= 11 is 6.02. The number of halogens is 1. The summed E-state index contributed by atoms with van der Waals surface area (Å²) in [6.07, 6.45) is 3.00. The van der Waals surface area contributed by atoms with Crippen molar-refractivity contribution >= 4 is 23.5 Å². The second-order valence-corrected chi connectivity index (χ2v) is 7.60. The number of benzene rings is 1. The number of aliphatic hydroxyl groups is 1. The molecule has 1 aliphatic rings. The normalized spacial score (nSPS) is 15.8. The van der Waals surface area contributed by atoms with Crippen molar-refractivity contribution in [3.8, 4) is 0 Å². The van der Waals surface area contributed by atoms with E-state index in [1.807, 2.05) is 36.1 Å². The Labute approximate surface area is 182 Å². The lowest BCUT2D eigenvalue weighted by Gasteiger charge is -2.36. The lowest BCUT2D eigenvalue weighted by molar-refractivity contribution is -0.131. The van der Waals surface area contributed by atoms with Crippen LogP contribution in [0.25, 0.3) is 0 Å². The molecule has 2 aromatic rings. The quantitative estimate of drug-likeness (QED) is 0.543. The lowest BCUT2D eigenvalue weighted by Crippen LogP contribution is -2.54. The van der Waals surface area contributed by atoms with E-state index < -0.39 is 6.10 Å². The van der Waals surface area contributed by atoms with Gasteiger partial charge in [-0.2, -0.15) is 0 Å². The Morgan fingerprint density at radius 2 is 1.90 bits per heavy atom. The molecule has 1 fully saturated rings. The first-order chi connectivity index (χ1) is 14.6. The maximum Gasteiger partial charge on any atom is 0.227 e. The van der Waals surface area contributed by atoms with Gasteiger partial charge in [0.1, 0.15) is 0 Å². The number of aliphatic imine (C=N–C) groups is 1. The van der Waals surface area contributed by atoms with Crippen LogP contribution in [0.15, 0.2) is 53.8 Å². The standard InChI is InChI=1S/C22H28ClN5O2/c1-2-25-22(26-16-20(29)18-6-8-24-9-7-18)28-12-10-27(11-13-28)21(30)15-17-4-3-5-19(23)14-17/h3-9,14,20,29H,2,10-13,15-16H2,1H3,(H,25,26). The number of pyridine rings is 1. The van der Waals surface area contributed by atoms with Crippen LogP contribution in [0.4, 0.5) is 0 Å². The van der Waals surface area contributed by atoms with Crippen LogP contribution in [0, 0.1) is 0 Å². The topological polar surface area (TPSA) is 81.1 Å². The molecule has 0 aliphatic carbocycles. The minimum atomic E-state index is -0.679. The number of guanidine groups is 1. The van der Waals surface area contributed by atoms with Gasteiger partial charge < -0.3 is 20.2 Å². The van der Waals surface area contributed by atoms with E-state index >= 15 is 0 Å². The number of hydrogen-bond acceptors (Lipinski definition) is 4. The number of hydrogen-bond donors (Lipinski definition) is 2. The number of nitrogens with one attached hydrogen (secondary N) is 1. The fraction of sp³-hybridized carbons (Fsp3) is 0.409. The van der Waals surface area contributed by atoms with E-state index in [-0.39, 0.29) is 12.5 Å². The highest BCUT2D eigenvalue weighted by molar-refractivity contribution is 6.30. The maximum atomic E-state index is 12.6. The van der Waals surface area contributed by atoms with E-state index in [1.54, 1.807) is 24.5 Å². The Morgan fingerprint density at radius 3 is 2.57 bits per heavy atom. The molecular weight excluding hydrogens is 402 g/mol. The van der Waals surface area contributed by atoms with Crippen molar-refractivity contribution in [3.63, 3.8) is 0 Å². The average molecular weight is 430 g/mol. The zero-order chi connectivity index (χ0) is 21.3. The van der Waals surface area contributed by atoms with Crippen LogP contribution in [0.2, 0.25) is 5.02 Å². The molecule has 1 saturated heterocycles. The van der Waals surface area contributed by atoms with Crippen LogP contribution in [0.5, 0.6) is 0 Å². The van der Waals surface area contributed by atoms with Crippen LogP contribution < -0.4 is 5.32 Å². The maximum absolute atomic E-state index is 12.6. The number of aromatic nitrogens is 1. The predicted molar refractivity (Wildman–Crippen MR) is 118 cm³/mol. The van der Waals surface area contributed by atoms with Crippen LogP contribution in [0.3, 0.4) is 0 Å². The number of aliphatic hydroxyl groups excluding tert-OH is 1. The smallest absolute Gasteiger partial charge is 0.227 e. The fourth-order valence-corrected chi connectivity index (χ4v) is 3.60. The van der Waals surface area contributed by atoms with Crippen molar-refractivity contribution in [3.05, 3.63) is 64.9 Å². The molecule has 0 radical (unpaired) electrons. The molecule has 160 valence electrons. The highest BCUT2D eigenvalue weighted by Gasteiger charge is 2.23. The molecule has 1 unspecified atom stereocenters. The van der Waals surface area contributed by atoms with Gasteiger partial charge in [-0.1, -0.05) is 23.7 Å². The van der Waals surface area contributed by atoms with E-state index in [2.05, 4.69) is 20.2 Å². The molecular formula is C22H28ClN5O2. The Bertz CT molecular complexity index is 854. The fourth-order valence-electron chi connectivity index (χ4n) is 3.39. The lowest BCUT2D eigenvalue weighted by atomic mass is 10.1. The van der Waals surface area contributed by atoms with E-state index in [0.29, 0.717) is 37.6 Å². The molecule has 3 rings (SSSR count). The average Bonchev–Trinajstić information content (AvgIpc) is 2.77. The third-order valence-corrected chi connectivity index (χ3v) is 5.25. The van der Waals surface area contributed by atoms with Gasteiger partial charge in [0, 0.05) is 50.1 Å². The number of carbonyl (C=O) groups excluding carboxylic acids is 1. The number of rotatable bonds is 6. The zero-order valence-corrected chi connectivity index (χ0v) is 17.9. The molecule has 1 aliphatic heterocycles. The van der Waals surface area contributed by atoms with Crippen LogP contribution >= 0.6 is 11.6 Å². The molecule has 7 nitrogen and oxygen atoms in total. The Hall–Kier alpha value is -2.64. The summed E-state index contributed by atoms with van der Waals surface area (Å²) in [7, 11) is 0. The van der Waals surface area contributed by atoms with Crippen molar-refractivity contribution in [1.29, 1.82) is 0 Å². The van der Waals surface area contributed by atoms with Crippen LogP contribution in [-0.2, 0) is 11.2 Å². The highest BCUT2D eigenvalue weighted by atomic mass is 35.5. The molecule has 2 N–H and O–H groups in total. The van der Waals surface area contributed by atoms with Crippen molar-refractivity contribution in [2.24, 2.45) is 4.99 Å². The Balaban J connectivity index is 1.55. The molecule has 8 heteroatoms. The minimum absolute atomic E-state index is 0.104. The van der Waals surface area contributed by atoms with Crippen molar-refractivity contribution in [2.45, 2.75) is 19.4 Å². The number of amides is 1. The summed E-state index contributed by atoms with van der Waals surface area (Å²) in [5.74, 6) is 0.861. The van der Waals surface area contributed by atoms with Gasteiger partial charge in [0.15, 0.2) is 5.96 Å². The molecule has 1 aromatic heterocycles. The first-order valence-corrected chi connectivity index (χ1v) is 10.6. The highest BCUT2D eigenvalue weighted by Crippen LogP contribution is 2.14. The van der Waals surface area contributed by atoms with Crippen molar-refractivity contribution in [1.82, 2.24) is 20.1 Å². The minimum Gasteiger partial charge on any atom is -0.386 e. The monoisotopic (exact) mass is 429 g/mol. The van der Waals surface area contributed by atoms with Crippen LogP contribution in [0.1, 0.15) is 24.2 Å². The van der Waals surface area contributed by atoms with Crippen LogP contribution in [-0.4, -0.2) is 71.0 Å². The summed E-state index contributed by atoms with van der Waals surface area (Å²) in [5, 5.41) is 14.3. The molecule has 0 bridgehead atoms. The predicted octanol–water partition coefficient (Wildman–Crippen LogP) is 2.12. The molecule has 0 saturated carbocycles. The van der Waals surface area contributed by atoms with Gasteiger partial charge in [-0.05, 0) is 42.3 Å². The Kier molecular flexibility index (Phi) is 8.04. The molecule has 2 heterocycles. The summed E-state index contributed by atoms with van der Waals surface area (Å²) in [4.78, 5) is 25.2. The molecule has 30 heavy (non-hydrogen) atoms. The van der Waals surface area contributed by atoms with E-state index in [1.165, 1.54) is 0 Å². The third-order valence-electron chi connectivity index (χ3n) is 5.02. The summed E-state index contributed by atoms with van der Waals surface area (Å²) in [5.41, 5.74) is 1.72. The second kappa shape index (κ2) is 10.9. The van der Waals surface area contributed by atoms with Gasteiger partial charge in [-0.3, -0.25) is 14.8 Å². The molecule has 1 aromatic carbocycles. The van der Waals surface area contributed by atoms with Gasteiger partial charge in [0.25, 0.3) is 0 Å².